The Morgan fingerprint density at radius 3 is 2.41 bits per heavy atom. The number of fused-ring (bicyclic) bond motifs is 1. The van der Waals surface area contributed by atoms with Gasteiger partial charge in [0.1, 0.15) is 17.6 Å². The molecule has 6 heteroatoms. The molecule has 0 radical (unpaired) electrons. The zero-order chi connectivity index (χ0) is 19.2. The van der Waals surface area contributed by atoms with Crippen LogP contribution >= 0.6 is 0 Å². The van der Waals surface area contributed by atoms with Crippen molar-refractivity contribution in [3.8, 4) is 0 Å². The molecule has 2 aromatic carbocycles. The van der Waals surface area contributed by atoms with Gasteiger partial charge >= 0.3 is 0 Å². The number of amides is 1. The number of aromatic nitrogens is 3. The molecule has 3 aromatic rings. The fraction of sp³-hybridized carbons (Fsp3) is 0.238. The highest BCUT2D eigenvalue weighted by Gasteiger charge is 2.06. The Hall–Kier alpha value is -3.28. The number of carbonyl (C=O) groups is 1. The Balaban J connectivity index is 1.60. The molecule has 3 rings (SSSR count). The minimum Gasteiger partial charge on any atom is -0.271 e. The second-order valence-electron chi connectivity index (χ2n) is 6.68. The lowest BCUT2D eigenvalue weighted by molar-refractivity contribution is -0.122. The average Bonchev–Trinajstić information content (AvgIpc) is 3.04. The number of hydrogen-bond donors (Lipinski definition) is 1. The van der Waals surface area contributed by atoms with Gasteiger partial charge in [-0.25, -0.2) is 5.43 Å². The van der Waals surface area contributed by atoms with Gasteiger partial charge < -0.3 is 0 Å². The van der Waals surface area contributed by atoms with Gasteiger partial charge in [0.15, 0.2) is 0 Å². The molecule has 0 saturated heterocycles. The van der Waals surface area contributed by atoms with Crippen molar-refractivity contribution >= 4 is 29.2 Å². The normalized spacial score (nSPS) is 12.2. The summed E-state index contributed by atoms with van der Waals surface area (Å²) in [5.74, 6) is 0.168. The predicted molar refractivity (Wildman–Crippen MR) is 108 cm³/mol. The quantitative estimate of drug-likeness (QED) is 0.537. The number of benzene rings is 2. The third kappa shape index (κ3) is 4.88. The van der Waals surface area contributed by atoms with Crippen molar-refractivity contribution in [1.82, 2.24) is 20.4 Å². The molecule has 1 amide bonds. The molecule has 0 unspecified atom stereocenters. The smallest absolute Gasteiger partial charge is 0.263 e. The number of hydrogen-bond acceptors (Lipinski definition) is 4. The number of carbonyl (C=O) groups excluding carboxylic acids is 1. The predicted octanol–water partition coefficient (Wildman–Crippen LogP) is 3.76. The van der Waals surface area contributed by atoms with Gasteiger partial charge in [-0.2, -0.15) is 20.1 Å². The van der Waals surface area contributed by atoms with Crippen LogP contribution < -0.4 is 5.43 Å². The number of nitrogens with one attached hydrogen (secondary N) is 1. The SMILES string of the molecule is CC(C=NNC(=O)Cn1nc2ccccc2n1)=Cc1ccccc1C(C)C. The monoisotopic (exact) mass is 361 g/mol. The van der Waals surface area contributed by atoms with Crippen LogP contribution in [0.15, 0.2) is 59.2 Å². The molecule has 0 aliphatic rings. The van der Waals surface area contributed by atoms with Crippen molar-refractivity contribution in [2.24, 2.45) is 5.10 Å². The van der Waals surface area contributed by atoms with Crippen LogP contribution in [0.25, 0.3) is 17.1 Å². The van der Waals surface area contributed by atoms with Crippen LogP contribution in [0.5, 0.6) is 0 Å². The standard InChI is InChI=1S/C21H23N5O/c1-15(2)18-9-5-4-8-17(18)12-16(3)13-22-23-21(27)14-26-24-19-10-6-7-11-20(19)25-26/h4-13,15H,14H2,1-3H3,(H,23,27). The minimum atomic E-state index is -0.276. The number of allylic oxidation sites excluding steroid dienone is 1. The fourth-order valence-corrected chi connectivity index (χ4v) is 2.80. The van der Waals surface area contributed by atoms with Crippen LogP contribution in [-0.2, 0) is 11.3 Å². The van der Waals surface area contributed by atoms with E-state index in [1.54, 1.807) is 6.21 Å². The van der Waals surface area contributed by atoms with E-state index in [-0.39, 0.29) is 12.5 Å². The fourth-order valence-electron chi connectivity index (χ4n) is 2.80. The van der Waals surface area contributed by atoms with Gasteiger partial charge in [0, 0.05) is 0 Å². The van der Waals surface area contributed by atoms with Crippen molar-refractivity contribution in [3.63, 3.8) is 0 Å². The van der Waals surface area contributed by atoms with Crippen molar-refractivity contribution < 1.29 is 4.79 Å². The second-order valence-corrected chi connectivity index (χ2v) is 6.68. The van der Waals surface area contributed by atoms with Gasteiger partial charge in [-0.1, -0.05) is 56.3 Å². The highest BCUT2D eigenvalue weighted by Crippen LogP contribution is 2.21. The summed E-state index contributed by atoms with van der Waals surface area (Å²) in [5.41, 5.74) is 7.44. The van der Waals surface area contributed by atoms with E-state index in [4.69, 9.17) is 0 Å². The molecular weight excluding hydrogens is 338 g/mol. The molecule has 0 spiro atoms. The lowest BCUT2D eigenvalue weighted by atomic mass is 9.96. The lowest BCUT2D eigenvalue weighted by Gasteiger charge is -2.09. The molecule has 0 aliphatic carbocycles. The van der Waals surface area contributed by atoms with Crippen LogP contribution in [0.1, 0.15) is 37.8 Å². The second kappa shape index (κ2) is 8.40. The number of nitrogens with zero attached hydrogens (tertiary/aromatic N) is 4. The molecule has 0 bridgehead atoms. The van der Waals surface area contributed by atoms with Gasteiger partial charge in [-0.3, -0.25) is 4.79 Å². The Bertz CT molecular complexity index is 967. The molecule has 0 aliphatic heterocycles. The van der Waals surface area contributed by atoms with Crippen LogP contribution in [0.3, 0.4) is 0 Å². The maximum Gasteiger partial charge on any atom is 0.263 e. The van der Waals surface area contributed by atoms with Crippen molar-refractivity contribution in [2.75, 3.05) is 0 Å². The van der Waals surface area contributed by atoms with Crippen molar-refractivity contribution in [3.05, 3.63) is 65.2 Å². The van der Waals surface area contributed by atoms with Crippen molar-refractivity contribution in [2.45, 2.75) is 33.2 Å². The van der Waals surface area contributed by atoms with E-state index in [0.29, 0.717) is 5.92 Å². The molecule has 1 N–H and O–H groups in total. The summed E-state index contributed by atoms with van der Waals surface area (Å²) in [6, 6.07) is 15.8. The first-order chi connectivity index (χ1) is 13.0. The summed E-state index contributed by atoms with van der Waals surface area (Å²) in [4.78, 5) is 13.4. The highest BCUT2D eigenvalue weighted by molar-refractivity contribution is 5.86. The third-order valence-corrected chi connectivity index (χ3v) is 4.07. The summed E-state index contributed by atoms with van der Waals surface area (Å²) < 4.78 is 0. The first-order valence-corrected chi connectivity index (χ1v) is 8.92. The van der Waals surface area contributed by atoms with E-state index in [1.165, 1.54) is 10.4 Å². The molecule has 0 saturated carbocycles. The maximum atomic E-state index is 12.0. The number of hydrazone groups is 1. The highest BCUT2D eigenvalue weighted by atomic mass is 16.2. The summed E-state index contributed by atoms with van der Waals surface area (Å²) >= 11 is 0. The van der Waals surface area contributed by atoms with Gasteiger partial charge in [0.2, 0.25) is 0 Å². The zero-order valence-corrected chi connectivity index (χ0v) is 15.8. The topological polar surface area (TPSA) is 72.2 Å². The maximum absolute atomic E-state index is 12.0. The molecule has 27 heavy (non-hydrogen) atoms. The van der Waals surface area contributed by atoms with Gasteiger partial charge in [0.05, 0.1) is 6.21 Å². The molecule has 138 valence electrons. The average molecular weight is 361 g/mol. The summed E-state index contributed by atoms with van der Waals surface area (Å²) in [5, 5.41) is 12.5. The first-order valence-electron chi connectivity index (χ1n) is 8.92. The Morgan fingerprint density at radius 1 is 1.11 bits per heavy atom. The Labute approximate surface area is 158 Å². The number of rotatable bonds is 6. The molecule has 6 nitrogen and oxygen atoms in total. The van der Waals surface area contributed by atoms with E-state index in [9.17, 15) is 4.79 Å². The summed E-state index contributed by atoms with van der Waals surface area (Å²) in [6.07, 6.45) is 3.70. The molecular formula is C21H23N5O. The van der Waals surface area contributed by atoms with Gasteiger partial charge in [-0.15, -0.1) is 0 Å². The van der Waals surface area contributed by atoms with Crippen molar-refractivity contribution in [1.29, 1.82) is 0 Å². The van der Waals surface area contributed by atoms with Crippen LogP contribution in [0, 0.1) is 0 Å². The van der Waals surface area contributed by atoms with E-state index in [1.807, 2.05) is 43.3 Å². The first kappa shape index (κ1) is 18.5. The Morgan fingerprint density at radius 2 is 1.74 bits per heavy atom. The largest absolute Gasteiger partial charge is 0.271 e. The summed E-state index contributed by atoms with van der Waals surface area (Å²) in [6.45, 7) is 6.31. The van der Waals surface area contributed by atoms with Crippen LogP contribution in [-0.4, -0.2) is 27.1 Å². The zero-order valence-electron chi connectivity index (χ0n) is 15.8. The van der Waals surface area contributed by atoms with E-state index < -0.39 is 0 Å². The molecule has 0 atom stereocenters. The third-order valence-electron chi connectivity index (χ3n) is 4.07. The van der Waals surface area contributed by atoms with Gasteiger partial charge in [-0.05, 0) is 41.7 Å². The van der Waals surface area contributed by atoms with E-state index in [0.717, 1.165) is 22.2 Å². The molecule has 1 heterocycles. The minimum absolute atomic E-state index is 0.0188. The summed E-state index contributed by atoms with van der Waals surface area (Å²) in [7, 11) is 0. The van der Waals surface area contributed by atoms with E-state index in [2.05, 4.69) is 52.8 Å². The van der Waals surface area contributed by atoms with Crippen LogP contribution in [0.2, 0.25) is 0 Å². The lowest BCUT2D eigenvalue weighted by Crippen LogP contribution is -2.24. The molecule has 0 fully saturated rings. The van der Waals surface area contributed by atoms with E-state index >= 15 is 0 Å². The van der Waals surface area contributed by atoms with Crippen LogP contribution in [0.4, 0.5) is 0 Å². The van der Waals surface area contributed by atoms with Gasteiger partial charge in [0.25, 0.3) is 5.91 Å². The Kier molecular flexibility index (Phi) is 5.76. The molecule has 1 aromatic heterocycles.